The maximum Gasteiger partial charge on any atom is 0.337 e. The summed E-state index contributed by atoms with van der Waals surface area (Å²) in [5, 5.41) is 0. The van der Waals surface area contributed by atoms with Gasteiger partial charge in [0.25, 0.3) is 5.56 Å². The molecule has 0 unspecified atom stereocenters. The maximum atomic E-state index is 12.0. The number of ether oxygens (including phenoxy) is 1. The highest BCUT2D eigenvalue weighted by Gasteiger charge is 2.04. The van der Waals surface area contributed by atoms with Gasteiger partial charge in [-0.15, -0.1) is 0 Å². The van der Waals surface area contributed by atoms with Crippen molar-refractivity contribution in [3.8, 4) is 0 Å². The molecule has 0 aliphatic carbocycles. The topological polar surface area (TPSA) is 72.0 Å². The summed E-state index contributed by atoms with van der Waals surface area (Å²) in [6.07, 6.45) is 3.42. The van der Waals surface area contributed by atoms with Gasteiger partial charge < -0.3 is 9.72 Å². The molecule has 0 spiro atoms. The summed E-state index contributed by atoms with van der Waals surface area (Å²) in [6, 6.07) is 14.3. The standard InChI is InChI=1S/C18H14N2O3/c1-23-18(22)13-9-6-12(7-10-13)8-11-16-17(21)20-15-5-3-2-4-14(15)19-16/h2-11H,1H3,(H,20,21)/b11-8+. The van der Waals surface area contributed by atoms with E-state index in [2.05, 4.69) is 14.7 Å². The summed E-state index contributed by atoms with van der Waals surface area (Å²) in [5.41, 5.74) is 2.86. The van der Waals surface area contributed by atoms with Crippen molar-refractivity contribution in [2.24, 2.45) is 0 Å². The highest BCUT2D eigenvalue weighted by molar-refractivity contribution is 5.89. The van der Waals surface area contributed by atoms with E-state index < -0.39 is 0 Å². The smallest absolute Gasteiger partial charge is 0.337 e. The number of nitrogens with zero attached hydrogens (tertiary/aromatic N) is 1. The van der Waals surface area contributed by atoms with E-state index in [1.165, 1.54) is 7.11 Å². The Bertz CT molecular complexity index is 940. The number of nitrogens with one attached hydrogen (secondary N) is 1. The first kappa shape index (κ1) is 14.7. The molecule has 23 heavy (non-hydrogen) atoms. The molecule has 0 aliphatic rings. The van der Waals surface area contributed by atoms with E-state index in [-0.39, 0.29) is 11.5 Å². The molecule has 0 aliphatic heterocycles. The van der Waals surface area contributed by atoms with Crippen molar-refractivity contribution in [1.29, 1.82) is 0 Å². The molecule has 5 heteroatoms. The zero-order valence-corrected chi connectivity index (χ0v) is 12.4. The van der Waals surface area contributed by atoms with Gasteiger partial charge in [-0.05, 0) is 35.9 Å². The normalized spacial score (nSPS) is 11.0. The van der Waals surface area contributed by atoms with Crippen LogP contribution in [0, 0.1) is 0 Å². The predicted molar refractivity (Wildman–Crippen MR) is 89.1 cm³/mol. The Balaban J connectivity index is 1.89. The zero-order valence-electron chi connectivity index (χ0n) is 12.4. The molecule has 3 rings (SSSR count). The number of carbonyl (C=O) groups is 1. The van der Waals surface area contributed by atoms with Gasteiger partial charge in [-0.1, -0.05) is 30.3 Å². The van der Waals surface area contributed by atoms with Gasteiger partial charge in [-0.25, -0.2) is 9.78 Å². The number of carbonyl (C=O) groups excluding carboxylic acids is 1. The second kappa shape index (κ2) is 6.27. The molecule has 114 valence electrons. The number of fused-ring (bicyclic) bond motifs is 1. The second-order valence-electron chi connectivity index (χ2n) is 4.92. The van der Waals surface area contributed by atoms with Crippen molar-refractivity contribution in [2.75, 3.05) is 7.11 Å². The molecule has 2 aromatic carbocycles. The number of aromatic amines is 1. The molecule has 0 saturated heterocycles. The Morgan fingerprint density at radius 2 is 1.83 bits per heavy atom. The van der Waals surface area contributed by atoms with Gasteiger partial charge in [0.05, 0.1) is 23.7 Å². The van der Waals surface area contributed by atoms with Crippen LogP contribution in [-0.4, -0.2) is 23.0 Å². The quantitative estimate of drug-likeness (QED) is 0.755. The van der Waals surface area contributed by atoms with Crippen LogP contribution in [0.3, 0.4) is 0 Å². The van der Waals surface area contributed by atoms with Crippen molar-refractivity contribution < 1.29 is 9.53 Å². The number of para-hydroxylation sites is 2. The molecular weight excluding hydrogens is 292 g/mol. The van der Waals surface area contributed by atoms with Crippen molar-refractivity contribution in [3.63, 3.8) is 0 Å². The molecule has 1 aromatic heterocycles. The minimum Gasteiger partial charge on any atom is -0.465 e. The number of esters is 1. The molecule has 0 amide bonds. The maximum absolute atomic E-state index is 12.0. The van der Waals surface area contributed by atoms with Gasteiger partial charge in [0.15, 0.2) is 0 Å². The van der Waals surface area contributed by atoms with Crippen LogP contribution in [0.2, 0.25) is 0 Å². The van der Waals surface area contributed by atoms with Gasteiger partial charge >= 0.3 is 5.97 Å². The summed E-state index contributed by atoms with van der Waals surface area (Å²) in [6.45, 7) is 0. The van der Waals surface area contributed by atoms with E-state index in [1.807, 2.05) is 24.3 Å². The molecule has 3 aromatic rings. The first-order valence-corrected chi connectivity index (χ1v) is 7.03. The Kier molecular flexibility index (Phi) is 4.01. The molecule has 1 heterocycles. The number of H-pyrrole nitrogens is 1. The van der Waals surface area contributed by atoms with Gasteiger partial charge in [-0.3, -0.25) is 4.79 Å². The highest BCUT2D eigenvalue weighted by Crippen LogP contribution is 2.10. The van der Waals surface area contributed by atoms with Crippen LogP contribution < -0.4 is 5.56 Å². The van der Waals surface area contributed by atoms with E-state index in [9.17, 15) is 9.59 Å². The Hall–Kier alpha value is -3.21. The van der Waals surface area contributed by atoms with Crippen LogP contribution in [0.4, 0.5) is 0 Å². The van der Waals surface area contributed by atoms with E-state index in [0.29, 0.717) is 16.8 Å². The van der Waals surface area contributed by atoms with E-state index in [4.69, 9.17) is 0 Å². The SMILES string of the molecule is COC(=O)c1ccc(/C=C/c2nc3ccccc3[nH]c2=O)cc1. The third-order valence-electron chi connectivity index (χ3n) is 3.39. The number of aromatic nitrogens is 2. The lowest BCUT2D eigenvalue weighted by molar-refractivity contribution is 0.0600. The number of benzene rings is 2. The summed E-state index contributed by atoms with van der Waals surface area (Å²) >= 11 is 0. The fourth-order valence-electron chi connectivity index (χ4n) is 2.18. The average molecular weight is 306 g/mol. The molecule has 0 atom stereocenters. The summed E-state index contributed by atoms with van der Waals surface area (Å²) in [5.74, 6) is -0.381. The monoisotopic (exact) mass is 306 g/mol. The minimum absolute atomic E-state index is 0.244. The molecule has 0 radical (unpaired) electrons. The van der Waals surface area contributed by atoms with Crippen LogP contribution in [0.25, 0.3) is 23.2 Å². The lowest BCUT2D eigenvalue weighted by Gasteiger charge is -2.00. The summed E-state index contributed by atoms with van der Waals surface area (Å²) in [7, 11) is 1.34. The number of rotatable bonds is 3. The average Bonchev–Trinajstić information content (AvgIpc) is 2.59. The minimum atomic E-state index is -0.381. The lowest BCUT2D eigenvalue weighted by atomic mass is 10.1. The van der Waals surface area contributed by atoms with Crippen LogP contribution in [-0.2, 0) is 4.74 Å². The first-order chi connectivity index (χ1) is 11.2. The third kappa shape index (κ3) is 3.18. The second-order valence-corrected chi connectivity index (χ2v) is 4.92. The van der Waals surface area contributed by atoms with E-state index in [1.54, 1.807) is 36.4 Å². The summed E-state index contributed by atoms with van der Waals surface area (Å²) < 4.78 is 4.65. The van der Waals surface area contributed by atoms with E-state index in [0.717, 1.165) is 11.1 Å². The molecule has 1 N–H and O–H groups in total. The molecule has 0 bridgehead atoms. The van der Waals surface area contributed by atoms with Crippen LogP contribution >= 0.6 is 0 Å². The van der Waals surface area contributed by atoms with Gasteiger partial charge in [0, 0.05) is 0 Å². The number of methoxy groups -OCH3 is 1. The van der Waals surface area contributed by atoms with E-state index >= 15 is 0 Å². The fourth-order valence-corrected chi connectivity index (χ4v) is 2.18. The van der Waals surface area contributed by atoms with Gasteiger partial charge in [0.2, 0.25) is 0 Å². The fraction of sp³-hybridized carbons (Fsp3) is 0.0556. The number of hydrogen-bond donors (Lipinski definition) is 1. The molecular formula is C18H14N2O3. The first-order valence-electron chi connectivity index (χ1n) is 7.03. The Morgan fingerprint density at radius 1 is 1.09 bits per heavy atom. The zero-order chi connectivity index (χ0) is 16.2. The van der Waals surface area contributed by atoms with Crippen molar-refractivity contribution in [3.05, 3.63) is 75.7 Å². The van der Waals surface area contributed by atoms with Crippen LogP contribution in [0.1, 0.15) is 21.6 Å². The van der Waals surface area contributed by atoms with Gasteiger partial charge in [0.1, 0.15) is 5.69 Å². The van der Waals surface area contributed by atoms with Crippen molar-refractivity contribution in [1.82, 2.24) is 9.97 Å². The molecule has 0 fully saturated rings. The summed E-state index contributed by atoms with van der Waals surface area (Å²) in [4.78, 5) is 30.5. The predicted octanol–water partition coefficient (Wildman–Crippen LogP) is 2.88. The van der Waals surface area contributed by atoms with Crippen LogP contribution in [0.5, 0.6) is 0 Å². The largest absolute Gasteiger partial charge is 0.465 e. The lowest BCUT2D eigenvalue weighted by Crippen LogP contribution is -2.11. The Morgan fingerprint density at radius 3 is 2.57 bits per heavy atom. The van der Waals surface area contributed by atoms with Crippen molar-refractivity contribution >= 4 is 29.2 Å². The van der Waals surface area contributed by atoms with Crippen molar-refractivity contribution in [2.45, 2.75) is 0 Å². The number of hydrogen-bond acceptors (Lipinski definition) is 4. The third-order valence-corrected chi connectivity index (χ3v) is 3.39. The Labute approximate surface area is 132 Å². The van der Waals surface area contributed by atoms with Gasteiger partial charge in [-0.2, -0.15) is 0 Å². The highest BCUT2D eigenvalue weighted by atomic mass is 16.5. The molecule has 5 nitrogen and oxygen atoms in total. The van der Waals surface area contributed by atoms with Crippen LogP contribution in [0.15, 0.2) is 53.3 Å². The molecule has 0 saturated carbocycles.